The lowest BCUT2D eigenvalue weighted by Crippen LogP contribution is -2.50. The van der Waals surface area contributed by atoms with Crippen molar-refractivity contribution in [3.05, 3.63) is 41.2 Å². The highest BCUT2D eigenvalue weighted by atomic mass is 35.5. The zero-order valence-electron chi connectivity index (χ0n) is 24.1. The Labute approximate surface area is 246 Å². The van der Waals surface area contributed by atoms with Crippen molar-refractivity contribution in [2.45, 2.75) is 58.9 Å². The Hall–Kier alpha value is -3.87. The molecule has 1 aliphatic heterocycles. The first-order valence-electron chi connectivity index (χ1n) is 13.2. The van der Waals surface area contributed by atoms with Gasteiger partial charge in [-0.15, -0.1) is 0 Å². The van der Waals surface area contributed by atoms with Crippen molar-refractivity contribution in [1.29, 1.82) is 0 Å². The Kier molecular flexibility index (Phi) is 8.45. The third-order valence-corrected chi connectivity index (χ3v) is 6.33. The number of alkyl halides is 3. The molecule has 0 unspecified atom stereocenters. The van der Waals surface area contributed by atoms with Crippen molar-refractivity contribution in [2.24, 2.45) is 0 Å². The Balaban J connectivity index is 1.66. The molecular weight excluding hydrogens is 577 g/mol. The van der Waals surface area contributed by atoms with Crippen LogP contribution in [0, 0.1) is 0 Å². The molecule has 4 rings (SSSR count). The third-order valence-electron chi connectivity index (χ3n) is 6.02. The van der Waals surface area contributed by atoms with Crippen LogP contribution in [0.3, 0.4) is 0 Å². The molecule has 2 amide bonds. The molecule has 0 radical (unpaired) electrons. The lowest BCUT2D eigenvalue weighted by molar-refractivity contribution is -0.137. The standard InChI is InChI=1S/C28H32ClF3N6O4/c1-26(2,3)41-24(39)36-21-8-7-18(28(30,31)32)22(35-21)16-14-20-17(13-19(16)29)23(34-15-33-20)37-9-11-38(12-10-37)25(40)42-27(4,5)6/h7-8,13-15H,9-12H2,1-6H3,(H,35,36,39). The van der Waals surface area contributed by atoms with E-state index in [2.05, 4.69) is 20.3 Å². The van der Waals surface area contributed by atoms with Crippen LogP contribution in [0.25, 0.3) is 22.2 Å². The Morgan fingerprint density at radius 2 is 1.57 bits per heavy atom. The number of hydrogen-bond donors (Lipinski definition) is 1. The van der Waals surface area contributed by atoms with Crippen molar-refractivity contribution in [3.8, 4) is 11.3 Å². The minimum atomic E-state index is -4.75. The number of fused-ring (bicyclic) bond motifs is 1. The van der Waals surface area contributed by atoms with Gasteiger partial charge in [-0.1, -0.05) is 11.6 Å². The van der Waals surface area contributed by atoms with Gasteiger partial charge in [0.05, 0.1) is 21.8 Å². The molecule has 1 aliphatic rings. The normalized spacial score (nSPS) is 14.6. The fourth-order valence-electron chi connectivity index (χ4n) is 4.29. The van der Waals surface area contributed by atoms with E-state index in [4.69, 9.17) is 21.1 Å². The Bertz CT molecular complexity index is 1500. The van der Waals surface area contributed by atoms with Crippen LogP contribution in [0.2, 0.25) is 5.02 Å². The van der Waals surface area contributed by atoms with E-state index in [1.807, 2.05) is 4.90 Å². The van der Waals surface area contributed by atoms with Gasteiger partial charge in [-0.2, -0.15) is 13.2 Å². The van der Waals surface area contributed by atoms with Gasteiger partial charge in [-0.25, -0.2) is 24.5 Å². The zero-order chi connectivity index (χ0) is 31.0. The van der Waals surface area contributed by atoms with Crippen molar-refractivity contribution in [2.75, 3.05) is 36.4 Å². The molecular formula is C28H32ClF3N6O4. The first-order valence-corrected chi connectivity index (χ1v) is 13.5. The number of benzene rings is 1. The van der Waals surface area contributed by atoms with E-state index in [-0.39, 0.29) is 16.4 Å². The van der Waals surface area contributed by atoms with Crippen LogP contribution in [-0.4, -0.2) is 69.4 Å². The van der Waals surface area contributed by atoms with E-state index in [1.165, 1.54) is 18.5 Å². The number of rotatable bonds is 3. The van der Waals surface area contributed by atoms with Crippen LogP contribution in [0.4, 0.5) is 34.4 Å². The maximum Gasteiger partial charge on any atom is 0.418 e. The molecule has 14 heteroatoms. The summed E-state index contributed by atoms with van der Waals surface area (Å²) in [6.45, 7) is 12.0. The maximum atomic E-state index is 14.0. The predicted octanol–water partition coefficient (Wildman–Crippen LogP) is 6.77. The average Bonchev–Trinajstić information content (AvgIpc) is 2.85. The maximum absolute atomic E-state index is 14.0. The molecule has 0 bridgehead atoms. The smallest absolute Gasteiger partial charge is 0.418 e. The van der Waals surface area contributed by atoms with Crippen molar-refractivity contribution >= 4 is 46.3 Å². The van der Waals surface area contributed by atoms with E-state index in [1.54, 1.807) is 46.4 Å². The van der Waals surface area contributed by atoms with Crippen LogP contribution in [0.5, 0.6) is 0 Å². The van der Waals surface area contributed by atoms with Crippen molar-refractivity contribution in [3.63, 3.8) is 0 Å². The average molecular weight is 609 g/mol. The van der Waals surface area contributed by atoms with Crippen molar-refractivity contribution in [1.82, 2.24) is 19.9 Å². The van der Waals surface area contributed by atoms with Gasteiger partial charge >= 0.3 is 18.4 Å². The zero-order valence-corrected chi connectivity index (χ0v) is 24.9. The number of piperazine rings is 1. The first kappa shape index (κ1) is 31.1. The lowest BCUT2D eigenvalue weighted by Gasteiger charge is -2.36. The molecule has 1 fully saturated rings. The predicted molar refractivity (Wildman–Crippen MR) is 153 cm³/mol. The van der Waals surface area contributed by atoms with Gasteiger partial charge in [-0.3, -0.25) is 5.32 Å². The molecule has 0 spiro atoms. The second-order valence-corrected chi connectivity index (χ2v) is 12.1. The summed E-state index contributed by atoms with van der Waals surface area (Å²) in [5.41, 5.74) is -2.63. The monoisotopic (exact) mass is 608 g/mol. The molecule has 1 aromatic carbocycles. The molecule has 42 heavy (non-hydrogen) atoms. The second kappa shape index (κ2) is 11.4. The Morgan fingerprint density at radius 1 is 0.929 bits per heavy atom. The van der Waals surface area contributed by atoms with Crippen LogP contribution >= 0.6 is 11.6 Å². The number of hydrogen-bond acceptors (Lipinski definition) is 8. The fourth-order valence-corrected chi connectivity index (χ4v) is 4.55. The van der Waals surface area contributed by atoms with E-state index in [0.29, 0.717) is 42.9 Å². The van der Waals surface area contributed by atoms with Gasteiger partial charge in [0, 0.05) is 37.1 Å². The summed E-state index contributed by atoms with van der Waals surface area (Å²) in [4.78, 5) is 41.0. The summed E-state index contributed by atoms with van der Waals surface area (Å²) in [7, 11) is 0. The Morgan fingerprint density at radius 3 is 2.17 bits per heavy atom. The van der Waals surface area contributed by atoms with Crippen LogP contribution in [0.15, 0.2) is 30.6 Å². The van der Waals surface area contributed by atoms with Gasteiger partial charge in [0.2, 0.25) is 0 Å². The summed E-state index contributed by atoms with van der Waals surface area (Å²) in [6.07, 6.45) is -4.71. The van der Waals surface area contributed by atoms with E-state index >= 15 is 0 Å². The highest BCUT2D eigenvalue weighted by Crippen LogP contribution is 2.41. The highest BCUT2D eigenvalue weighted by Gasteiger charge is 2.36. The number of aromatic nitrogens is 3. The molecule has 3 aromatic rings. The molecule has 0 atom stereocenters. The van der Waals surface area contributed by atoms with E-state index < -0.39 is 40.8 Å². The SMILES string of the molecule is CC(C)(C)OC(=O)Nc1ccc(C(F)(F)F)c(-c2cc3ncnc(N4CCN(C(=O)OC(C)(C)C)CC4)c3cc2Cl)n1. The van der Waals surface area contributed by atoms with Gasteiger partial charge in [0.25, 0.3) is 0 Å². The minimum Gasteiger partial charge on any atom is -0.444 e. The molecule has 3 heterocycles. The number of amides is 2. The number of carbonyl (C=O) groups is 2. The molecule has 2 aromatic heterocycles. The van der Waals surface area contributed by atoms with E-state index in [0.717, 1.165) is 12.1 Å². The van der Waals surface area contributed by atoms with Gasteiger partial charge in [-0.05, 0) is 65.8 Å². The topological polar surface area (TPSA) is 110 Å². The largest absolute Gasteiger partial charge is 0.444 e. The summed E-state index contributed by atoms with van der Waals surface area (Å²) in [6, 6.07) is 4.78. The fraction of sp³-hybridized carbons (Fsp3) is 0.464. The molecule has 1 N–H and O–H groups in total. The number of nitrogens with one attached hydrogen (secondary N) is 1. The minimum absolute atomic E-state index is 0.0154. The van der Waals surface area contributed by atoms with Crippen LogP contribution in [-0.2, 0) is 15.7 Å². The number of carbonyl (C=O) groups excluding carboxylic acids is 2. The van der Waals surface area contributed by atoms with Crippen molar-refractivity contribution < 1.29 is 32.2 Å². The van der Waals surface area contributed by atoms with Gasteiger partial charge < -0.3 is 19.3 Å². The number of ether oxygens (including phenoxy) is 2. The van der Waals surface area contributed by atoms with Gasteiger partial charge in [0.1, 0.15) is 29.2 Å². The molecule has 1 saturated heterocycles. The summed E-state index contributed by atoms with van der Waals surface area (Å²) in [5.74, 6) is 0.385. The first-order chi connectivity index (χ1) is 19.4. The van der Waals surface area contributed by atoms with Gasteiger partial charge in [0.15, 0.2) is 0 Å². The third kappa shape index (κ3) is 7.50. The van der Waals surface area contributed by atoms with E-state index in [9.17, 15) is 22.8 Å². The number of pyridine rings is 1. The van der Waals surface area contributed by atoms with Crippen LogP contribution < -0.4 is 10.2 Å². The number of anilines is 2. The second-order valence-electron chi connectivity index (χ2n) is 11.7. The summed E-state index contributed by atoms with van der Waals surface area (Å²) >= 11 is 6.58. The highest BCUT2D eigenvalue weighted by molar-refractivity contribution is 6.34. The van der Waals surface area contributed by atoms with Crippen LogP contribution in [0.1, 0.15) is 47.1 Å². The molecule has 10 nitrogen and oxygen atoms in total. The summed E-state index contributed by atoms with van der Waals surface area (Å²) in [5, 5.41) is 2.87. The lowest BCUT2D eigenvalue weighted by atomic mass is 10.0. The molecule has 226 valence electrons. The summed E-state index contributed by atoms with van der Waals surface area (Å²) < 4.78 is 52.7. The molecule has 0 saturated carbocycles. The quantitative estimate of drug-likeness (QED) is 0.347. The molecule has 0 aliphatic carbocycles. The number of halogens is 4. The number of nitrogens with zero attached hydrogens (tertiary/aromatic N) is 5.